The number of anilines is 2. The van der Waals surface area contributed by atoms with Crippen LogP contribution in [0, 0.1) is 12.8 Å². The third kappa shape index (κ3) is 10.3. The number of alkyl halides is 6. The minimum atomic E-state index is -5.14. The molecule has 12 heteroatoms. The van der Waals surface area contributed by atoms with Gasteiger partial charge in [-0.3, -0.25) is 4.79 Å². The SMILES string of the molecule is CCCCCC1CCC(c2ccc(-c3ccc(C(=O)Nc4ccc(-c5cc6c7c(c8c(c6cc5OC)OC(c5ccccc5)(c5ccccc5N5CCOCC5)C=C8)C(C)(C)c5c-7cc(C(F)(F)F)cc5C(F)(F)F)c(C)c4)cc3)cc2)CC1. The van der Waals surface area contributed by atoms with Gasteiger partial charge in [-0.1, -0.05) is 144 Å². The Bertz CT molecular complexity index is 3820. The monoisotopic (exact) mass is 1140 g/mol. The average molecular weight is 1140 g/mol. The first-order valence-corrected chi connectivity index (χ1v) is 29.4. The summed E-state index contributed by atoms with van der Waals surface area (Å²) in [5, 5.41) is 3.86. The van der Waals surface area contributed by atoms with E-state index in [9.17, 15) is 18.0 Å². The van der Waals surface area contributed by atoms with E-state index in [-0.39, 0.29) is 28.7 Å². The minimum absolute atomic E-state index is 0.159. The molecule has 1 N–H and O–H groups in total. The number of hydrogen-bond donors (Lipinski definition) is 1. The van der Waals surface area contributed by atoms with Crippen LogP contribution in [0.15, 0.2) is 152 Å². The van der Waals surface area contributed by atoms with Crippen LogP contribution in [0.1, 0.15) is 138 Å². The maximum absolute atomic E-state index is 15.5. The van der Waals surface area contributed by atoms with Crippen LogP contribution >= 0.6 is 0 Å². The zero-order chi connectivity index (χ0) is 58.7. The van der Waals surface area contributed by atoms with Crippen molar-refractivity contribution in [3.8, 4) is 44.9 Å². The molecule has 0 radical (unpaired) electrons. The van der Waals surface area contributed by atoms with Gasteiger partial charge in [0, 0.05) is 63.1 Å². The molecule has 2 aliphatic heterocycles. The van der Waals surface area contributed by atoms with E-state index in [0.717, 1.165) is 45.5 Å². The number of hydrogen-bond acceptors (Lipinski definition) is 5. The largest absolute Gasteiger partial charge is 0.496 e. The van der Waals surface area contributed by atoms with Crippen LogP contribution in [0.4, 0.5) is 37.7 Å². The zero-order valence-corrected chi connectivity index (χ0v) is 48.0. The summed E-state index contributed by atoms with van der Waals surface area (Å²) in [4.78, 5) is 16.1. The van der Waals surface area contributed by atoms with E-state index < -0.39 is 34.5 Å². The van der Waals surface area contributed by atoms with Gasteiger partial charge in [0.25, 0.3) is 5.91 Å². The fourth-order valence-electron chi connectivity index (χ4n) is 14.0. The number of carbonyl (C=O) groups is 1. The fraction of sp³-hybridized carbons (Fsp3) is 0.319. The van der Waals surface area contributed by atoms with Crippen LogP contribution in [0.3, 0.4) is 0 Å². The number of rotatable bonds is 13. The molecule has 0 spiro atoms. The van der Waals surface area contributed by atoms with Crippen LogP contribution in [0.2, 0.25) is 0 Å². The third-order valence-corrected chi connectivity index (χ3v) is 18.2. The maximum Gasteiger partial charge on any atom is 0.416 e. The predicted octanol–water partition coefficient (Wildman–Crippen LogP) is 19.1. The molecule has 8 aromatic carbocycles. The molecule has 12 rings (SSSR count). The van der Waals surface area contributed by atoms with Crippen LogP contribution < -0.4 is 19.7 Å². The minimum Gasteiger partial charge on any atom is -0.496 e. The molecule has 2 aliphatic carbocycles. The number of nitrogens with one attached hydrogen (secondary N) is 1. The Kier molecular flexibility index (Phi) is 15.0. The zero-order valence-electron chi connectivity index (χ0n) is 48.0. The van der Waals surface area contributed by atoms with Gasteiger partial charge in [0.05, 0.1) is 31.5 Å². The van der Waals surface area contributed by atoms with E-state index in [1.165, 1.54) is 64.0 Å². The second-order valence-electron chi connectivity index (χ2n) is 23.7. The van der Waals surface area contributed by atoms with Gasteiger partial charge in [0.15, 0.2) is 5.60 Å². The number of methoxy groups -OCH3 is 1. The van der Waals surface area contributed by atoms with Crippen LogP contribution in [-0.2, 0) is 28.1 Å². The molecule has 1 amide bonds. The summed E-state index contributed by atoms with van der Waals surface area (Å²) in [5.41, 5.74) is 4.06. The number of nitrogens with zero attached hydrogens (tertiary/aromatic N) is 1. The summed E-state index contributed by atoms with van der Waals surface area (Å²) in [6, 6.07) is 44.2. The van der Waals surface area contributed by atoms with E-state index in [0.29, 0.717) is 88.0 Å². The molecular formula is C72H68F6N2O4. The first-order chi connectivity index (χ1) is 40.4. The first kappa shape index (κ1) is 56.6. The number of aryl methyl sites for hydroxylation is 1. The Morgan fingerprint density at radius 3 is 2.07 bits per heavy atom. The number of amides is 1. The summed E-state index contributed by atoms with van der Waals surface area (Å²) in [6.45, 7) is 9.73. The Morgan fingerprint density at radius 2 is 1.40 bits per heavy atom. The second kappa shape index (κ2) is 22.3. The topological polar surface area (TPSA) is 60.0 Å². The van der Waals surface area contributed by atoms with E-state index >= 15 is 13.2 Å². The molecule has 432 valence electrons. The van der Waals surface area contributed by atoms with Crippen molar-refractivity contribution >= 4 is 34.1 Å². The molecule has 2 fully saturated rings. The van der Waals surface area contributed by atoms with Crippen molar-refractivity contribution < 1.29 is 45.3 Å². The van der Waals surface area contributed by atoms with Gasteiger partial charge in [-0.15, -0.1) is 0 Å². The number of para-hydroxylation sites is 1. The van der Waals surface area contributed by atoms with Gasteiger partial charge in [-0.25, -0.2) is 0 Å². The van der Waals surface area contributed by atoms with E-state index in [4.69, 9.17) is 14.2 Å². The number of benzene rings is 8. The molecule has 4 aliphatic rings. The normalized spacial score (nSPS) is 19.1. The Morgan fingerprint density at radius 1 is 0.714 bits per heavy atom. The molecule has 84 heavy (non-hydrogen) atoms. The lowest BCUT2D eigenvalue weighted by molar-refractivity contribution is -0.143. The number of morpholine rings is 1. The van der Waals surface area contributed by atoms with Crippen molar-refractivity contribution in [2.24, 2.45) is 5.92 Å². The standard InChI is InChI=1S/C72H68F6N2O4/c1-6-7-9-14-45-19-21-46(22-20-45)47-23-25-48(26-24-47)49-27-29-50(30-28-49)68(81)79-53-31-32-54(44(2)39-53)56-42-57-58(43-63(56)82-5)67-55(66-64(57)59-40-52(71(73,74)75)41-61(72(76,77)78)65(59)69(66,3)4)33-34-70(84-67,51-15-10-8-11-16-51)60-17-12-13-18-62(60)80-35-37-83-38-36-80/h8,10-13,15-18,23-34,39-43,45-46H,6-7,9,14,19-22,35-38H2,1-5H3,(H,79,81). The van der Waals surface area contributed by atoms with Gasteiger partial charge in [0.2, 0.25) is 0 Å². The van der Waals surface area contributed by atoms with Crippen LogP contribution in [0.25, 0.3) is 50.2 Å². The first-order valence-electron chi connectivity index (χ1n) is 29.4. The van der Waals surface area contributed by atoms with Crippen LogP contribution in [0.5, 0.6) is 11.5 Å². The van der Waals surface area contributed by atoms with Crippen LogP contribution in [-0.4, -0.2) is 39.3 Å². The van der Waals surface area contributed by atoms with E-state index in [2.05, 4.69) is 41.4 Å². The van der Waals surface area contributed by atoms with Gasteiger partial charge < -0.3 is 24.4 Å². The summed E-state index contributed by atoms with van der Waals surface area (Å²) in [6.07, 6.45) is 3.93. The number of unbranched alkanes of at least 4 members (excludes halogenated alkanes) is 2. The number of halogens is 6. The predicted molar refractivity (Wildman–Crippen MR) is 323 cm³/mol. The van der Waals surface area contributed by atoms with Crippen molar-refractivity contribution in [1.82, 2.24) is 0 Å². The Labute approximate surface area is 487 Å². The third-order valence-electron chi connectivity index (χ3n) is 18.2. The highest BCUT2D eigenvalue weighted by Gasteiger charge is 2.51. The van der Waals surface area contributed by atoms with Gasteiger partial charge in [0.1, 0.15) is 11.5 Å². The lowest BCUT2D eigenvalue weighted by atomic mass is 9.75. The molecule has 1 saturated carbocycles. The van der Waals surface area contributed by atoms with Crippen molar-refractivity contribution in [1.29, 1.82) is 0 Å². The second-order valence-corrected chi connectivity index (χ2v) is 23.7. The highest BCUT2D eigenvalue weighted by atomic mass is 19.4. The van der Waals surface area contributed by atoms with Crippen molar-refractivity contribution in [3.63, 3.8) is 0 Å². The number of ether oxygens (including phenoxy) is 3. The molecule has 0 bridgehead atoms. The summed E-state index contributed by atoms with van der Waals surface area (Å²) in [5.74, 6) is 1.87. The molecule has 1 unspecified atom stereocenters. The molecule has 2 heterocycles. The molecular weight excluding hydrogens is 1070 g/mol. The quantitative estimate of drug-likeness (QED) is 0.0921. The maximum atomic E-state index is 15.5. The summed E-state index contributed by atoms with van der Waals surface area (Å²) >= 11 is 0. The van der Waals surface area contributed by atoms with E-state index in [1.54, 1.807) is 32.0 Å². The summed E-state index contributed by atoms with van der Waals surface area (Å²) < 4.78 is 111. The van der Waals surface area contributed by atoms with Crippen molar-refractivity contribution in [2.45, 2.75) is 108 Å². The summed E-state index contributed by atoms with van der Waals surface area (Å²) in [7, 11) is 1.52. The Hall–Kier alpha value is -7.83. The van der Waals surface area contributed by atoms with Gasteiger partial charge >= 0.3 is 12.4 Å². The fourth-order valence-corrected chi connectivity index (χ4v) is 14.0. The highest BCUT2D eigenvalue weighted by Crippen LogP contribution is 2.62. The Balaban J connectivity index is 0.923. The van der Waals surface area contributed by atoms with E-state index in [1.807, 2.05) is 110 Å². The smallest absolute Gasteiger partial charge is 0.416 e. The van der Waals surface area contributed by atoms with Gasteiger partial charge in [-0.2, -0.15) is 26.3 Å². The van der Waals surface area contributed by atoms with Crippen molar-refractivity contribution in [2.75, 3.05) is 43.6 Å². The highest BCUT2D eigenvalue weighted by molar-refractivity contribution is 6.11. The van der Waals surface area contributed by atoms with Crippen molar-refractivity contribution in [3.05, 3.63) is 207 Å². The number of carbonyl (C=O) groups excluding carboxylic acids is 1. The average Bonchev–Trinajstić information content (AvgIpc) is 1.48. The lowest BCUT2D eigenvalue weighted by Crippen LogP contribution is -2.41. The molecule has 0 aromatic heterocycles. The molecule has 1 atom stereocenters. The molecule has 1 saturated heterocycles. The van der Waals surface area contributed by atoms with Gasteiger partial charge in [-0.05, 0) is 161 Å². The number of fused-ring (bicyclic) bond motifs is 8. The lowest BCUT2D eigenvalue weighted by Gasteiger charge is -2.41. The molecule has 8 aromatic rings. The molecule has 6 nitrogen and oxygen atoms in total.